The van der Waals surface area contributed by atoms with Gasteiger partial charge in [0.05, 0.1) is 6.61 Å². The van der Waals surface area contributed by atoms with Gasteiger partial charge in [0.1, 0.15) is 28.4 Å². The maximum atomic E-state index is 12.4. The Kier molecular flexibility index (Phi) is 4.53. The predicted octanol–water partition coefficient (Wildman–Crippen LogP) is 3.15. The Morgan fingerprint density at radius 2 is 1.73 bits per heavy atom. The lowest BCUT2D eigenvalue weighted by Crippen LogP contribution is -2.04. The Hall–Kier alpha value is -3.48. The second-order valence-corrected chi connectivity index (χ2v) is 5.66. The molecule has 1 heterocycles. The molecule has 0 atom stereocenters. The largest absolute Gasteiger partial charge is 0.508 e. The number of hydrogen-bond donors (Lipinski definition) is 3. The zero-order valence-corrected chi connectivity index (χ0v) is 13.9. The third kappa shape index (κ3) is 3.32. The first kappa shape index (κ1) is 17.3. The maximum Gasteiger partial charge on any atom is 0.374 e. The summed E-state index contributed by atoms with van der Waals surface area (Å²) in [6.45, 7) is 1.92. The summed E-state index contributed by atoms with van der Waals surface area (Å²) < 4.78 is 10.3. The molecule has 0 aliphatic heterocycles. The SMILES string of the molecule is CCOC(=O)c1cc2cc(CC(=O)c3c(O)cc(O)cc3O)ccc2o1. The van der Waals surface area contributed by atoms with Crippen molar-refractivity contribution in [2.45, 2.75) is 13.3 Å². The Bertz CT molecular complexity index is 977. The molecule has 0 fully saturated rings. The highest BCUT2D eigenvalue weighted by molar-refractivity contribution is 6.03. The van der Waals surface area contributed by atoms with Gasteiger partial charge in [-0.3, -0.25) is 4.79 Å². The molecule has 0 spiro atoms. The molecule has 7 heteroatoms. The molecule has 0 radical (unpaired) electrons. The molecule has 0 amide bonds. The molecule has 26 heavy (non-hydrogen) atoms. The smallest absolute Gasteiger partial charge is 0.374 e. The number of esters is 1. The first-order valence-electron chi connectivity index (χ1n) is 7.86. The van der Waals surface area contributed by atoms with Gasteiger partial charge in [-0.15, -0.1) is 0 Å². The minimum absolute atomic E-state index is 0.0687. The lowest BCUT2D eigenvalue weighted by Gasteiger charge is -2.07. The van der Waals surface area contributed by atoms with E-state index in [2.05, 4.69) is 0 Å². The van der Waals surface area contributed by atoms with Gasteiger partial charge in [0.15, 0.2) is 5.78 Å². The fourth-order valence-corrected chi connectivity index (χ4v) is 2.66. The molecule has 0 saturated heterocycles. The van der Waals surface area contributed by atoms with Crippen LogP contribution in [0.1, 0.15) is 33.4 Å². The monoisotopic (exact) mass is 356 g/mol. The van der Waals surface area contributed by atoms with E-state index in [0.29, 0.717) is 16.5 Å². The van der Waals surface area contributed by atoms with Gasteiger partial charge >= 0.3 is 5.97 Å². The van der Waals surface area contributed by atoms with E-state index < -0.39 is 23.3 Å². The van der Waals surface area contributed by atoms with E-state index in [9.17, 15) is 24.9 Å². The molecule has 0 aliphatic carbocycles. The van der Waals surface area contributed by atoms with Crippen LogP contribution in [0.4, 0.5) is 0 Å². The third-order valence-electron chi connectivity index (χ3n) is 3.78. The van der Waals surface area contributed by atoms with Crippen LogP contribution >= 0.6 is 0 Å². The number of ketones is 1. The fourth-order valence-electron chi connectivity index (χ4n) is 2.66. The summed E-state index contributed by atoms with van der Waals surface area (Å²) in [5, 5.41) is 29.5. The van der Waals surface area contributed by atoms with E-state index in [-0.39, 0.29) is 30.1 Å². The highest BCUT2D eigenvalue weighted by Crippen LogP contribution is 2.33. The molecule has 134 valence electrons. The molecule has 0 aliphatic rings. The second kappa shape index (κ2) is 6.79. The number of Topliss-reactive ketones (excluding diaryl/α,β-unsaturated/α-hetero) is 1. The van der Waals surface area contributed by atoms with Crippen molar-refractivity contribution in [1.29, 1.82) is 0 Å². The van der Waals surface area contributed by atoms with Crippen molar-refractivity contribution in [3.63, 3.8) is 0 Å². The van der Waals surface area contributed by atoms with Crippen molar-refractivity contribution in [3.8, 4) is 17.2 Å². The molecule has 3 aromatic rings. The van der Waals surface area contributed by atoms with Crippen LogP contribution in [0.15, 0.2) is 40.8 Å². The Balaban J connectivity index is 1.87. The van der Waals surface area contributed by atoms with E-state index in [1.54, 1.807) is 25.1 Å². The normalized spacial score (nSPS) is 10.8. The molecule has 3 N–H and O–H groups in total. The van der Waals surface area contributed by atoms with Gasteiger partial charge in [-0.2, -0.15) is 0 Å². The Morgan fingerprint density at radius 3 is 2.38 bits per heavy atom. The molecule has 3 rings (SSSR count). The summed E-state index contributed by atoms with van der Waals surface area (Å²) in [5.74, 6) is -2.36. The second-order valence-electron chi connectivity index (χ2n) is 5.66. The number of carbonyl (C=O) groups excluding carboxylic acids is 2. The van der Waals surface area contributed by atoms with Crippen LogP contribution < -0.4 is 0 Å². The number of aromatic hydroxyl groups is 3. The minimum atomic E-state index is -0.569. The maximum absolute atomic E-state index is 12.4. The molecule has 0 bridgehead atoms. The fraction of sp³-hybridized carbons (Fsp3) is 0.158. The number of rotatable bonds is 5. The molecule has 7 nitrogen and oxygen atoms in total. The lowest BCUT2D eigenvalue weighted by atomic mass is 10.0. The predicted molar refractivity (Wildman–Crippen MR) is 91.6 cm³/mol. The summed E-state index contributed by atoms with van der Waals surface area (Å²) in [6.07, 6.45) is -0.0955. The average molecular weight is 356 g/mol. The van der Waals surface area contributed by atoms with Gasteiger partial charge in [0, 0.05) is 23.9 Å². The number of fused-ring (bicyclic) bond motifs is 1. The Morgan fingerprint density at radius 1 is 1.04 bits per heavy atom. The summed E-state index contributed by atoms with van der Waals surface area (Å²) in [5.41, 5.74) is 0.812. The van der Waals surface area contributed by atoms with Crippen LogP contribution in [-0.4, -0.2) is 33.7 Å². The van der Waals surface area contributed by atoms with Crippen LogP contribution in [0.3, 0.4) is 0 Å². The number of phenolic OH excluding ortho intramolecular Hbond substituents is 3. The van der Waals surface area contributed by atoms with Gasteiger partial charge in [-0.1, -0.05) is 6.07 Å². The van der Waals surface area contributed by atoms with Gasteiger partial charge < -0.3 is 24.5 Å². The van der Waals surface area contributed by atoms with Crippen LogP contribution in [0.5, 0.6) is 17.2 Å². The summed E-state index contributed by atoms with van der Waals surface area (Å²) in [4.78, 5) is 24.1. The van der Waals surface area contributed by atoms with Crippen LogP contribution in [0, 0.1) is 0 Å². The van der Waals surface area contributed by atoms with Gasteiger partial charge in [-0.05, 0) is 30.7 Å². The van der Waals surface area contributed by atoms with Crippen LogP contribution in [0.2, 0.25) is 0 Å². The standard InChI is InChI=1S/C19H16O7/c1-2-25-19(24)17-7-11-5-10(3-4-16(11)26-17)6-13(21)18-14(22)8-12(20)9-15(18)23/h3-5,7-9,20,22-23H,2,6H2,1H3. The highest BCUT2D eigenvalue weighted by atomic mass is 16.5. The van der Waals surface area contributed by atoms with E-state index in [1.165, 1.54) is 6.07 Å². The van der Waals surface area contributed by atoms with Gasteiger partial charge in [0.25, 0.3) is 0 Å². The van der Waals surface area contributed by atoms with E-state index in [4.69, 9.17) is 9.15 Å². The Labute approximate surface area is 148 Å². The van der Waals surface area contributed by atoms with Crippen molar-refractivity contribution in [2.75, 3.05) is 6.61 Å². The van der Waals surface area contributed by atoms with E-state index in [0.717, 1.165) is 12.1 Å². The van der Waals surface area contributed by atoms with Crippen LogP contribution in [0.25, 0.3) is 11.0 Å². The quantitative estimate of drug-likeness (QED) is 0.475. The van der Waals surface area contributed by atoms with E-state index >= 15 is 0 Å². The molecule has 1 aromatic heterocycles. The molecular formula is C19H16O7. The first-order chi connectivity index (χ1) is 12.4. The van der Waals surface area contributed by atoms with Crippen LogP contribution in [-0.2, 0) is 11.2 Å². The topological polar surface area (TPSA) is 117 Å². The lowest BCUT2D eigenvalue weighted by molar-refractivity contribution is 0.0492. The summed E-state index contributed by atoms with van der Waals surface area (Å²) in [6, 6.07) is 8.44. The number of phenols is 3. The minimum Gasteiger partial charge on any atom is -0.508 e. The van der Waals surface area contributed by atoms with Gasteiger partial charge in [0.2, 0.25) is 5.76 Å². The number of benzene rings is 2. The third-order valence-corrected chi connectivity index (χ3v) is 3.78. The zero-order valence-electron chi connectivity index (χ0n) is 13.9. The number of furan rings is 1. The summed E-state index contributed by atoms with van der Waals surface area (Å²) in [7, 11) is 0. The molecule has 2 aromatic carbocycles. The molecule has 0 unspecified atom stereocenters. The zero-order chi connectivity index (χ0) is 18.8. The van der Waals surface area contributed by atoms with Gasteiger partial charge in [-0.25, -0.2) is 4.79 Å². The van der Waals surface area contributed by atoms with Crippen molar-refractivity contribution >= 4 is 22.7 Å². The number of ether oxygens (including phenoxy) is 1. The highest BCUT2D eigenvalue weighted by Gasteiger charge is 2.19. The molecular weight excluding hydrogens is 340 g/mol. The van der Waals surface area contributed by atoms with Crippen molar-refractivity contribution in [3.05, 3.63) is 53.3 Å². The van der Waals surface area contributed by atoms with E-state index in [1.807, 2.05) is 0 Å². The van der Waals surface area contributed by atoms with Crippen molar-refractivity contribution in [2.24, 2.45) is 0 Å². The average Bonchev–Trinajstić information content (AvgIpc) is 2.97. The van der Waals surface area contributed by atoms with Crippen molar-refractivity contribution in [1.82, 2.24) is 0 Å². The summed E-state index contributed by atoms with van der Waals surface area (Å²) >= 11 is 0. The van der Waals surface area contributed by atoms with Crippen molar-refractivity contribution < 1.29 is 34.1 Å². The number of hydrogen-bond acceptors (Lipinski definition) is 7. The first-order valence-corrected chi connectivity index (χ1v) is 7.86. The molecule has 0 saturated carbocycles. The number of carbonyl (C=O) groups is 2.